The van der Waals surface area contributed by atoms with E-state index in [9.17, 15) is 18.0 Å². The molecule has 150 valence electrons. The lowest BCUT2D eigenvalue weighted by Crippen LogP contribution is -2.34. The topological polar surface area (TPSA) is 108 Å². The van der Waals surface area contributed by atoms with Crippen molar-refractivity contribution in [3.63, 3.8) is 0 Å². The Morgan fingerprint density at radius 3 is 2.26 bits per heavy atom. The Morgan fingerprint density at radius 1 is 1.15 bits per heavy atom. The number of esters is 1. The van der Waals surface area contributed by atoms with Crippen LogP contribution in [-0.2, 0) is 28.6 Å². The highest BCUT2D eigenvalue weighted by atomic mass is 32.2. The van der Waals surface area contributed by atoms with Crippen molar-refractivity contribution in [1.82, 2.24) is 5.32 Å². The van der Waals surface area contributed by atoms with Crippen molar-refractivity contribution in [1.29, 1.82) is 0 Å². The first-order chi connectivity index (χ1) is 12.4. The van der Waals surface area contributed by atoms with Gasteiger partial charge < -0.3 is 19.0 Å². The van der Waals surface area contributed by atoms with Crippen LogP contribution in [0.2, 0.25) is 0 Å². The fourth-order valence-electron chi connectivity index (χ4n) is 1.79. The van der Waals surface area contributed by atoms with E-state index in [1.54, 1.807) is 39.8 Å². The van der Waals surface area contributed by atoms with Crippen LogP contribution in [0.1, 0.15) is 33.3 Å². The molecule has 0 saturated carbocycles. The van der Waals surface area contributed by atoms with Crippen molar-refractivity contribution < 1.29 is 31.7 Å². The zero-order valence-electron chi connectivity index (χ0n) is 16.1. The largest absolute Gasteiger partial charge is 0.463 e. The average Bonchev–Trinajstić information content (AvgIpc) is 2.51. The summed E-state index contributed by atoms with van der Waals surface area (Å²) < 4.78 is 39.7. The summed E-state index contributed by atoms with van der Waals surface area (Å²) in [6.45, 7) is 8.19. The first-order valence-electron chi connectivity index (χ1n) is 8.28. The predicted molar refractivity (Wildman–Crippen MR) is 98.4 cm³/mol. The number of benzene rings is 1. The molecule has 0 aliphatic rings. The van der Waals surface area contributed by atoms with Gasteiger partial charge in [0.05, 0.1) is 19.2 Å². The van der Waals surface area contributed by atoms with Crippen molar-refractivity contribution in [2.45, 2.75) is 45.1 Å². The number of ether oxygens (including phenoxy) is 2. The molecule has 1 amide bonds. The first kappa shape index (κ1) is 22.5. The Morgan fingerprint density at radius 2 is 1.74 bits per heavy atom. The van der Waals surface area contributed by atoms with Gasteiger partial charge in [-0.3, -0.25) is 0 Å². The van der Waals surface area contributed by atoms with Gasteiger partial charge in [0.1, 0.15) is 16.3 Å². The van der Waals surface area contributed by atoms with E-state index >= 15 is 0 Å². The molecule has 0 aliphatic heterocycles. The molecule has 0 bridgehead atoms. The van der Waals surface area contributed by atoms with Gasteiger partial charge in [-0.25, -0.2) is 9.59 Å². The molecule has 0 heterocycles. The smallest absolute Gasteiger partial charge is 0.408 e. The number of amides is 1. The predicted octanol–water partition coefficient (Wildman–Crippen LogP) is 2.67. The molecule has 27 heavy (non-hydrogen) atoms. The molecule has 0 fully saturated rings. The Hall–Kier alpha value is -2.55. The maximum Gasteiger partial charge on any atom is 0.408 e. The van der Waals surface area contributed by atoms with E-state index in [1.807, 2.05) is 6.92 Å². The number of alkyl carbamates (subject to hydrolysis) is 1. The summed E-state index contributed by atoms with van der Waals surface area (Å²) >= 11 is 0. The Balaban J connectivity index is 2.96. The second kappa shape index (κ2) is 9.40. The summed E-state index contributed by atoms with van der Waals surface area (Å²) in [5.74, 6) is -1.10. The molecule has 1 rings (SSSR count). The maximum absolute atomic E-state index is 12.4. The van der Waals surface area contributed by atoms with Gasteiger partial charge in [-0.1, -0.05) is 17.7 Å². The summed E-state index contributed by atoms with van der Waals surface area (Å²) in [6.07, 6.45) is 0.0840. The van der Waals surface area contributed by atoms with E-state index in [0.717, 1.165) is 11.6 Å². The second-order valence-corrected chi connectivity index (χ2v) is 8.11. The van der Waals surface area contributed by atoms with Gasteiger partial charge in [0, 0.05) is 0 Å². The van der Waals surface area contributed by atoms with Gasteiger partial charge in [0.2, 0.25) is 0 Å². The van der Waals surface area contributed by atoms with Crippen LogP contribution in [0.3, 0.4) is 0 Å². The maximum atomic E-state index is 12.4. The second-order valence-electron chi connectivity index (χ2n) is 6.57. The third-order valence-electron chi connectivity index (χ3n) is 2.90. The first-order valence-corrected chi connectivity index (χ1v) is 9.69. The summed E-state index contributed by atoms with van der Waals surface area (Å²) in [6, 6.07) is 6.00. The van der Waals surface area contributed by atoms with Gasteiger partial charge in [0.25, 0.3) is 0 Å². The minimum absolute atomic E-state index is 0.0832. The lowest BCUT2D eigenvalue weighted by atomic mass is 10.2. The molecule has 0 aliphatic carbocycles. The molecular formula is C18H25NO7S. The van der Waals surface area contributed by atoms with Crippen LogP contribution in [0.4, 0.5) is 4.79 Å². The minimum atomic E-state index is -4.19. The molecule has 0 radical (unpaired) electrons. The van der Waals surface area contributed by atoms with Crippen LogP contribution >= 0.6 is 0 Å². The quantitative estimate of drug-likeness (QED) is 0.325. The van der Waals surface area contributed by atoms with E-state index in [0.29, 0.717) is 0 Å². The van der Waals surface area contributed by atoms with Crippen LogP contribution in [0.15, 0.2) is 41.0 Å². The summed E-state index contributed by atoms with van der Waals surface area (Å²) in [7, 11) is -4.19. The van der Waals surface area contributed by atoms with Gasteiger partial charge >= 0.3 is 22.2 Å². The number of rotatable bonds is 7. The third kappa shape index (κ3) is 8.59. The lowest BCUT2D eigenvalue weighted by Gasteiger charge is -2.20. The lowest BCUT2D eigenvalue weighted by molar-refractivity contribution is -0.137. The normalized spacial score (nSPS) is 12.3. The number of carbonyl (C=O) groups excluding carboxylic acids is 2. The fraction of sp³-hybridized carbons (Fsp3) is 0.444. The SMILES string of the molecule is CCOC(=O)/C=C(\CNC(=O)OC(C)(C)C)OS(=O)(=O)c1ccc(C)cc1. The standard InChI is InChI=1S/C18H25NO7S/c1-6-24-16(20)11-14(12-19-17(21)25-18(3,4)5)26-27(22,23)15-9-7-13(2)8-10-15/h7-11H,6,12H2,1-5H3,(H,19,21)/b14-11+. The van der Waals surface area contributed by atoms with E-state index in [-0.39, 0.29) is 23.8 Å². The van der Waals surface area contributed by atoms with Gasteiger partial charge in [-0.2, -0.15) is 8.42 Å². The molecule has 0 spiro atoms. The molecule has 1 aromatic carbocycles. The molecule has 0 unspecified atom stereocenters. The average molecular weight is 399 g/mol. The highest BCUT2D eigenvalue weighted by molar-refractivity contribution is 7.86. The van der Waals surface area contributed by atoms with Crippen LogP contribution in [-0.4, -0.2) is 39.2 Å². The third-order valence-corrected chi connectivity index (χ3v) is 4.18. The number of nitrogens with one attached hydrogen (secondary N) is 1. The van der Waals surface area contributed by atoms with Crippen molar-refractivity contribution >= 4 is 22.2 Å². The summed E-state index contributed by atoms with van der Waals surface area (Å²) in [5.41, 5.74) is 0.145. The van der Waals surface area contributed by atoms with Crippen LogP contribution in [0, 0.1) is 6.92 Å². The fourth-order valence-corrected chi connectivity index (χ4v) is 2.74. The van der Waals surface area contributed by atoms with E-state index < -0.39 is 27.8 Å². The molecular weight excluding hydrogens is 374 g/mol. The monoisotopic (exact) mass is 399 g/mol. The van der Waals surface area contributed by atoms with Crippen LogP contribution in [0.5, 0.6) is 0 Å². The van der Waals surface area contributed by atoms with Gasteiger partial charge in [-0.15, -0.1) is 0 Å². The highest BCUT2D eigenvalue weighted by Crippen LogP contribution is 2.17. The van der Waals surface area contributed by atoms with Crippen molar-refractivity contribution in [2.75, 3.05) is 13.2 Å². The highest BCUT2D eigenvalue weighted by Gasteiger charge is 2.21. The van der Waals surface area contributed by atoms with Crippen molar-refractivity contribution in [3.05, 3.63) is 41.7 Å². The Bertz CT molecular complexity index is 790. The molecule has 1 N–H and O–H groups in total. The molecule has 0 atom stereocenters. The zero-order chi connectivity index (χ0) is 20.7. The number of aryl methyl sites for hydroxylation is 1. The number of hydrogen-bond donors (Lipinski definition) is 1. The van der Waals surface area contributed by atoms with Gasteiger partial charge in [0.15, 0.2) is 0 Å². The number of hydrogen-bond acceptors (Lipinski definition) is 7. The summed E-state index contributed by atoms with van der Waals surface area (Å²) in [4.78, 5) is 23.4. The van der Waals surface area contributed by atoms with E-state index in [2.05, 4.69) is 5.32 Å². The Kier molecular flexibility index (Phi) is 7.83. The molecule has 0 saturated heterocycles. The number of carbonyl (C=O) groups is 2. The molecule has 1 aromatic rings. The van der Waals surface area contributed by atoms with Crippen LogP contribution in [0.25, 0.3) is 0 Å². The van der Waals surface area contributed by atoms with Crippen molar-refractivity contribution in [2.24, 2.45) is 0 Å². The van der Waals surface area contributed by atoms with Crippen LogP contribution < -0.4 is 5.32 Å². The molecule has 9 heteroatoms. The van der Waals surface area contributed by atoms with E-state index in [4.69, 9.17) is 13.7 Å². The Labute approximate surface area is 159 Å². The minimum Gasteiger partial charge on any atom is -0.463 e. The molecule has 0 aromatic heterocycles. The van der Waals surface area contributed by atoms with E-state index in [1.165, 1.54) is 12.1 Å². The van der Waals surface area contributed by atoms with Crippen molar-refractivity contribution in [3.8, 4) is 0 Å². The zero-order valence-corrected chi connectivity index (χ0v) is 16.9. The van der Waals surface area contributed by atoms with Gasteiger partial charge in [-0.05, 0) is 46.8 Å². The molecule has 8 nitrogen and oxygen atoms in total. The summed E-state index contributed by atoms with van der Waals surface area (Å²) in [5, 5.41) is 2.34.